The summed E-state index contributed by atoms with van der Waals surface area (Å²) in [6.45, 7) is 6.42. The molecule has 0 bridgehead atoms. The summed E-state index contributed by atoms with van der Waals surface area (Å²) in [4.78, 5) is 20.9. The Kier molecular flexibility index (Phi) is 20.7. The predicted octanol–water partition coefficient (Wildman–Crippen LogP) is 28.2. The summed E-state index contributed by atoms with van der Waals surface area (Å²) in [5, 5.41) is 17.4. The number of benzene rings is 21. The fourth-order valence-electron chi connectivity index (χ4n) is 22.2. The zero-order valence-corrected chi connectivity index (χ0v) is 80.8. The van der Waals surface area contributed by atoms with E-state index in [4.69, 9.17) is 19.9 Å². The third-order valence-electron chi connectivity index (χ3n) is 28.9. The quantitative estimate of drug-likeness (QED) is 0.0994. The smallest absolute Gasteiger partial charge is 0.175 e. The van der Waals surface area contributed by atoms with Gasteiger partial charge in [-0.15, -0.1) is 0 Å². The maximum absolute atomic E-state index is 15.7. The molecule has 0 amide bonds. The lowest BCUT2D eigenvalue weighted by Gasteiger charge is -2.29. The Morgan fingerprint density at radius 3 is 0.901 bits per heavy atom. The van der Waals surface area contributed by atoms with Crippen LogP contribution in [0.4, 0.5) is 0 Å². The minimum atomic E-state index is -3.20. The van der Waals surface area contributed by atoms with Crippen LogP contribution in [0.3, 0.4) is 0 Å². The molecule has 676 valence electrons. The van der Waals surface area contributed by atoms with Crippen LogP contribution >= 0.6 is 21.4 Å². The fraction of sp³-hybridized carbons (Fsp3) is 0.0469. The number of aromatic nitrogens is 8. The van der Waals surface area contributed by atoms with Crippen molar-refractivity contribution in [1.82, 2.24) is 38.2 Å². The number of imidazole rings is 4. The second-order valence-corrected chi connectivity index (χ2v) is 45.0. The molecule has 14 heteroatoms. The van der Waals surface area contributed by atoms with E-state index in [1.54, 1.807) is 0 Å². The second kappa shape index (κ2) is 34.4. The first-order valence-corrected chi connectivity index (χ1v) is 53.7. The number of para-hydroxylation sites is 6. The molecule has 3 aliphatic rings. The van der Waals surface area contributed by atoms with Crippen molar-refractivity contribution in [2.75, 3.05) is 0 Å². The van der Waals surface area contributed by atoms with Gasteiger partial charge < -0.3 is 13.7 Å². The van der Waals surface area contributed by atoms with Gasteiger partial charge in [0.15, 0.2) is 21.4 Å². The van der Waals surface area contributed by atoms with Gasteiger partial charge in [-0.2, -0.15) is 0 Å². The highest BCUT2D eigenvalue weighted by Gasteiger charge is 2.44. The normalized spacial score (nSPS) is 15.3. The van der Waals surface area contributed by atoms with Gasteiger partial charge in [-0.1, -0.05) is 354 Å². The van der Waals surface area contributed by atoms with Gasteiger partial charge in [0.1, 0.15) is 23.3 Å². The summed E-state index contributed by atoms with van der Waals surface area (Å²) in [5.41, 5.74) is 25.9. The SMILES string of the molecule is CCc1nc2c(-c3cc(-c4ccc5ccccc5c4)cc(-c4ccc5ccccc5c4)c3)ccc3c2n1-c1ccccc1P3(=O)c1ccccc1.CCc1nc2c(-c3ccc(-c4nc5ccccc5n4-c4ccccc4)cc3)ccc3c2n1-c1ccccc1P3(=O)c1ccccc1.CCc1nc2c(-c3ccc4cc(-c5ccc6ccccc6c5)ccc4c3)ccc3c2n1-c1ccccc1P3(=O)c1ccccc1. The summed E-state index contributed by atoms with van der Waals surface area (Å²) >= 11 is 0. The Hall–Kier alpha value is -16.8. The summed E-state index contributed by atoms with van der Waals surface area (Å²) < 4.78 is 55.4. The van der Waals surface area contributed by atoms with E-state index in [-0.39, 0.29) is 0 Å². The molecule has 142 heavy (non-hydrogen) atoms. The zero-order valence-electron chi connectivity index (χ0n) is 78.1. The molecule has 0 aliphatic carbocycles. The third kappa shape index (κ3) is 13.7. The number of hydrogen-bond acceptors (Lipinski definition) is 7. The van der Waals surface area contributed by atoms with Crippen LogP contribution in [0.2, 0.25) is 0 Å². The van der Waals surface area contributed by atoms with Gasteiger partial charge >= 0.3 is 0 Å². The molecule has 3 atom stereocenters. The highest BCUT2D eigenvalue weighted by Crippen LogP contribution is 2.55. The number of rotatable bonds is 14. The molecule has 0 saturated heterocycles. The van der Waals surface area contributed by atoms with Crippen molar-refractivity contribution in [1.29, 1.82) is 0 Å². The highest BCUT2D eigenvalue weighted by atomic mass is 31.2. The summed E-state index contributed by atoms with van der Waals surface area (Å²) in [7, 11) is -9.46. The first-order valence-electron chi connectivity index (χ1n) is 48.6. The van der Waals surface area contributed by atoms with Crippen LogP contribution in [0, 0.1) is 0 Å². The molecule has 3 aliphatic heterocycles. The van der Waals surface area contributed by atoms with Crippen molar-refractivity contribution in [3.05, 3.63) is 479 Å². The molecule has 0 saturated carbocycles. The molecule has 28 rings (SSSR count). The van der Waals surface area contributed by atoms with E-state index in [0.717, 1.165) is 218 Å². The third-order valence-corrected chi connectivity index (χ3v) is 38.3. The van der Waals surface area contributed by atoms with Crippen LogP contribution in [-0.2, 0) is 33.0 Å². The zero-order chi connectivity index (χ0) is 95.1. The number of aryl methyl sites for hydroxylation is 3. The van der Waals surface area contributed by atoms with E-state index < -0.39 is 21.4 Å². The molecule has 0 N–H and O–H groups in total. The minimum Gasteiger partial charge on any atom is -0.308 e. The van der Waals surface area contributed by atoms with Crippen LogP contribution in [0.25, 0.3) is 188 Å². The molecule has 7 heterocycles. The van der Waals surface area contributed by atoms with Crippen LogP contribution < -0.4 is 47.7 Å². The predicted molar refractivity (Wildman–Crippen MR) is 593 cm³/mol. The lowest BCUT2D eigenvalue weighted by atomic mass is 9.91. The molecular formula is C128H91N8O3P3. The van der Waals surface area contributed by atoms with Crippen molar-refractivity contribution in [2.45, 2.75) is 40.0 Å². The Morgan fingerprint density at radius 2 is 0.500 bits per heavy atom. The Bertz CT molecular complexity index is 9520. The first kappa shape index (κ1) is 85.6. The summed E-state index contributed by atoms with van der Waals surface area (Å²) in [6, 6.07) is 160. The molecule has 4 aromatic heterocycles. The van der Waals surface area contributed by atoms with Gasteiger partial charge in [0.05, 0.1) is 61.2 Å². The van der Waals surface area contributed by atoms with Crippen molar-refractivity contribution in [3.63, 3.8) is 0 Å². The average Bonchev–Trinajstić information content (AvgIpc) is 1.47. The Morgan fingerprint density at radius 1 is 0.211 bits per heavy atom. The standard InChI is InChI=1S/C47H33N2OP.C41H29N2OP.C40H29N4OP/c1-2-45-48-46-41(24-25-44-47(46)49(45)42-18-10-11-19-43(42)51(44,50)40-16-4-3-5-17-40)39-29-37(35-22-20-31-12-6-8-14-33(31)26-35)28-38(30-39)36-23-21-32-13-7-9-15-34(32)27-36;1-2-39-42-40-35(22-23-38-41(40)43(39)36-14-8-9-15-37(36)45(38,44)34-12-4-3-5-13-34)33-21-20-31-25-30(18-19-32(31)26-33)29-17-16-27-10-6-7-11-28(27)24-29;1-2-37-42-38-31(25-26-36-39(38)44(37)34-19-11-12-20-35(34)46(36,45)30-15-7-4-8-16-30)27-21-23-28(24-22-27)40-41-32-17-9-10-18-33(32)43(40)29-13-5-3-6-14-29/h3-30H,2H2,1H3;3-26H,2H2,1H3;3-26H,2H2,1H3. The molecule has 0 radical (unpaired) electrons. The molecule has 11 nitrogen and oxygen atoms in total. The average molecular weight is 1880 g/mol. The van der Waals surface area contributed by atoms with Crippen molar-refractivity contribution in [3.8, 4) is 101 Å². The number of fused-ring (bicyclic) bond motifs is 11. The molecule has 0 spiro atoms. The lowest BCUT2D eigenvalue weighted by Crippen LogP contribution is -2.33. The molecule has 25 aromatic rings. The van der Waals surface area contributed by atoms with E-state index >= 15 is 13.7 Å². The van der Waals surface area contributed by atoms with Gasteiger partial charge in [-0.3, -0.25) is 18.3 Å². The van der Waals surface area contributed by atoms with Crippen molar-refractivity contribution < 1.29 is 13.7 Å². The largest absolute Gasteiger partial charge is 0.308 e. The maximum atomic E-state index is 15.7. The van der Waals surface area contributed by atoms with Gasteiger partial charge in [0, 0.05) is 94.9 Å². The minimum absolute atomic E-state index is 0.747. The van der Waals surface area contributed by atoms with Crippen LogP contribution in [0.5, 0.6) is 0 Å². The van der Waals surface area contributed by atoms with E-state index in [2.05, 4.69) is 342 Å². The fourth-order valence-corrected chi connectivity index (χ4v) is 31.1. The Balaban J connectivity index is 0.000000109. The van der Waals surface area contributed by atoms with Gasteiger partial charge in [0.2, 0.25) is 0 Å². The monoisotopic (exact) mass is 1880 g/mol. The van der Waals surface area contributed by atoms with Crippen LogP contribution in [-0.4, -0.2) is 38.2 Å². The lowest BCUT2D eigenvalue weighted by molar-refractivity contribution is 0.591. The highest BCUT2D eigenvalue weighted by molar-refractivity contribution is 7.87. The van der Waals surface area contributed by atoms with E-state index in [9.17, 15) is 0 Å². The summed E-state index contributed by atoms with van der Waals surface area (Å²) in [5.74, 6) is 3.80. The topological polar surface area (TPSA) is 122 Å². The molecule has 21 aromatic carbocycles. The second-order valence-electron chi connectivity index (χ2n) is 36.9. The Labute approximate surface area is 821 Å². The van der Waals surface area contributed by atoms with Gasteiger partial charge in [-0.25, -0.2) is 19.9 Å². The van der Waals surface area contributed by atoms with Gasteiger partial charge in [0.25, 0.3) is 0 Å². The van der Waals surface area contributed by atoms with E-state index in [1.165, 1.54) is 54.2 Å². The number of hydrogen-bond donors (Lipinski definition) is 0. The van der Waals surface area contributed by atoms with Crippen molar-refractivity contribution in [2.24, 2.45) is 0 Å². The van der Waals surface area contributed by atoms with Crippen LogP contribution in [0.15, 0.2) is 461 Å². The molecular weight excluding hydrogens is 1790 g/mol. The summed E-state index contributed by atoms with van der Waals surface area (Å²) in [6.07, 6.45) is 2.27. The van der Waals surface area contributed by atoms with Crippen molar-refractivity contribution >= 4 is 156 Å². The number of nitrogens with zero attached hydrogens (tertiary/aromatic N) is 8. The molecule has 3 unspecified atom stereocenters. The maximum Gasteiger partial charge on any atom is 0.175 e. The van der Waals surface area contributed by atoms with Crippen LogP contribution in [0.1, 0.15) is 38.2 Å². The van der Waals surface area contributed by atoms with E-state index in [0.29, 0.717) is 0 Å². The van der Waals surface area contributed by atoms with Gasteiger partial charge in [-0.05, 0) is 221 Å². The first-order chi connectivity index (χ1) is 69.9. The molecule has 0 fully saturated rings. The van der Waals surface area contributed by atoms with E-state index in [1.807, 2.05) is 158 Å².